The molecule has 0 bridgehead atoms. The monoisotopic (exact) mass is 269 g/mol. The van der Waals surface area contributed by atoms with Gasteiger partial charge in [-0.05, 0) is 30.9 Å². The number of nitrogens with one attached hydrogen (secondary N) is 2. The van der Waals surface area contributed by atoms with Gasteiger partial charge in [-0.2, -0.15) is 0 Å². The summed E-state index contributed by atoms with van der Waals surface area (Å²) in [5, 5.41) is 2.60. The second-order valence-electron chi connectivity index (χ2n) is 5.29. The van der Waals surface area contributed by atoms with Gasteiger partial charge in [0.05, 0.1) is 13.1 Å². The van der Waals surface area contributed by atoms with Crippen molar-refractivity contribution in [1.82, 2.24) is 0 Å². The SMILES string of the molecule is CC1CC[NH+](CC(=O)Nc2ccc(F)c(F)c2)CC1. The molecule has 5 heteroatoms. The van der Waals surface area contributed by atoms with Crippen molar-refractivity contribution < 1.29 is 18.5 Å². The van der Waals surface area contributed by atoms with E-state index in [1.165, 1.54) is 11.0 Å². The lowest BCUT2D eigenvalue weighted by Crippen LogP contribution is -3.14. The average molecular weight is 269 g/mol. The number of hydrogen-bond acceptors (Lipinski definition) is 1. The number of rotatable bonds is 3. The largest absolute Gasteiger partial charge is 0.327 e. The van der Waals surface area contributed by atoms with Gasteiger partial charge in [0.2, 0.25) is 0 Å². The lowest BCUT2D eigenvalue weighted by Gasteiger charge is -2.26. The molecule has 0 saturated carbocycles. The summed E-state index contributed by atoms with van der Waals surface area (Å²) in [5.74, 6) is -1.28. The second kappa shape index (κ2) is 6.10. The van der Waals surface area contributed by atoms with Crippen LogP contribution in [0.15, 0.2) is 18.2 Å². The van der Waals surface area contributed by atoms with Crippen molar-refractivity contribution in [1.29, 1.82) is 0 Å². The summed E-state index contributed by atoms with van der Waals surface area (Å²) in [6.45, 7) is 4.59. The molecule has 1 aromatic carbocycles. The Morgan fingerprint density at radius 3 is 2.63 bits per heavy atom. The molecule has 104 valence electrons. The van der Waals surface area contributed by atoms with Gasteiger partial charge < -0.3 is 10.2 Å². The quantitative estimate of drug-likeness (QED) is 0.850. The molecule has 0 aromatic heterocycles. The lowest BCUT2D eigenvalue weighted by molar-refractivity contribution is -0.897. The molecule has 1 aliphatic rings. The maximum absolute atomic E-state index is 13.0. The molecule has 19 heavy (non-hydrogen) atoms. The molecule has 0 atom stereocenters. The van der Waals surface area contributed by atoms with Crippen molar-refractivity contribution in [2.75, 3.05) is 25.0 Å². The number of benzene rings is 1. The molecule has 0 radical (unpaired) electrons. The molecule has 1 fully saturated rings. The van der Waals surface area contributed by atoms with Crippen LogP contribution in [0.2, 0.25) is 0 Å². The van der Waals surface area contributed by atoms with Crippen molar-refractivity contribution in [3.05, 3.63) is 29.8 Å². The van der Waals surface area contributed by atoms with E-state index in [4.69, 9.17) is 0 Å². The van der Waals surface area contributed by atoms with Crippen LogP contribution in [0.1, 0.15) is 19.8 Å². The Morgan fingerprint density at radius 1 is 1.32 bits per heavy atom. The average Bonchev–Trinajstić information content (AvgIpc) is 2.37. The van der Waals surface area contributed by atoms with Crippen LogP contribution in [0.5, 0.6) is 0 Å². The number of hydrogen-bond donors (Lipinski definition) is 2. The fourth-order valence-electron chi connectivity index (χ4n) is 2.35. The zero-order valence-corrected chi connectivity index (χ0v) is 11.0. The smallest absolute Gasteiger partial charge is 0.279 e. The molecule has 1 aromatic rings. The maximum Gasteiger partial charge on any atom is 0.279 e. The number of amides is 1. The van der Waals surface area contributed by atoms with Gasteiger partial charge in [-0.25, -0.2) is 8.78 Å². The highest BCUT2D eigenvalue weighted by molar-refractivity contribution is 5.91. The standard InChI is InChI=1S/C14H18F2N2O/c1-10-4-6-18(7-5-10)9-14(19)17-11-2-3-12(15)13(16)8-11/h2-3,8,10H,4-7,9H2,1H3,(H,17,19)/p+1. The number of carbonyl (C=O) groups is 1. The highest BCUT2D eigenvalue weighted by Crippen LogP contribution is 2.12. The van der Waals surface area contributed by atoms with Crippen LogP contribution in [-0.2, 0) is 4.79 Å². The third kappa shape index (κ3) is 3.99. The third-order valence-electron chi connectivity index (χ3n) is 3.60. The molecule has 1 saturated heterocycles. The van der Waals surface area contributed by atoms with Gasteiger partial charge in [0.1, 0.15) is 0 Å². The fourth-order valence-corrected chi connectivity index (χ4v) is 2.35. The number of likely N-dealkylation sites (tertiary alicyclic amines) is 1. The van der Waals surface area contributed by atoms with Crippen LogP contribution < -0.4 is 10.2 Å². The summed E-state index contributed by atoms with van der Waals surface area (Å²) in [5.41, 5.74) is 0.300. The Balaban J connectivity index is 1.85. The lowest BCUT2D eigenvalue weighted by atomic mass is 9.99. The first-order valence-corrected chi connectivity index (χ1v) is 6.63. The Kier molecular flexibility index (Phi) is 4.47. The van der Waals surface area contributed by atoms with Gasteiger partial charge in [0.15, 0.2) is 18.2 Å². The van der Waals surface area contributed by atoms with Crippen molar-refractivity contribution in [2.24, 2.45) is 5.92 Å². The number of piperidine rings is 1. The van der Waals surface area contributed by atoms with E-state index in [9.17, 15) is 13.6 Å². The van der Waals surface area contributed by atoms with Crippen LogP contribution in [0.3, 0.4) is 0 Å². The van der Waals surface area contributed by atoms with E-state index in [1.807, 2.05) is 0 Å². The number of anilines is 1. The highest BCUT2D eigenvalue weighted by atomic mass is 19.2. The van der Waals surface area contributed by atoms with Crippen LogP contribution in [0.4, 0.5) is 14.5 Å². The summed E-state index contributed by atoms with van der Waals surface area (Å²) >= 11 is 0. The van der Waals surface area contributed by atoms with E-state index in [1.54, 1.807) is 0 Å². The molecule has 2 N–H and O–H groups in total. The summed E-state index contributed by atoms with van der Waals surface area (Å²) in [4.78, 5) is 13.1. The summed E-state index contributed by atoms with van der Waals surface area (Å²) in [7, 11) is 0. The molecule has 0 spiro atoms. The molecule has 0 unspecified atom stereocenters. The van der Waals surface area contributed by atoms with Crippen molar-refractivity contribution in [2.45, 2.75) is 19.8 Å². The second-order valence-corrected chi connectivity index (χ2v) is 5.29. The third-order valence-corrected chi connectivity index (χ3v) is 3.60. The Hall–Kier alpha value is -1.49. The van der Waals surface area contributed by atoms with Gasteiger partial charge in [-0.1, -0.05) is 6.92 Å². The van der Waals surface area contributed by atoms with E-state index in [0.29, 0.717) is 12.2 Å². The molecule has 3 nitrogen and oxygen atoms in total. The highest BCUT2D eigenvalue weighted by Gasteiger charge is 2.21. The topological polar surface area (TPSA) is 33.5 Å². The summed E-state index contributed by atoms with van der Waals surface area (Å²) in [6, 6.07) is 3.38. The fraction of sp³-hybridized carbons (Fsp3) is 0.500. The zero-order chi connectivity index (χ0) is 13.8. The number of carbonyl (C=O) groups excluding carboxylic acids is 1. The van der Waals surface area contributed by atoms with Crippen LogP contribution in [0.25, 0.3) is 0 Å². The van der Waals surface area contributed by atoms with Gasteiger partial charge in [-0.3, -0.25) is 4.79 Å². The summed E-state index contributed by atoms with van der Waals surface area (Å²) in [6.07, 6.45) is 2.27. The first-order chi connectivity index (χ1) is 9.04. The van der Waals surface area contributed by atoms with E-state index in [2.05, 4.69) is 12.2 Å². The molecular weight excluding hydrogens is 250 g/mol. The zero-order valence-electron chi connectivity index (χ0n) is 11.0. The van der Waals surface area contributed by atoms with Crippen LogP contribution in [0, 0.1) is 17.6 Å². The molecule has 1 amide bonds. The minimum absolute atomic E-state index is 0.157. The first kappa shape index (κ1) is 13.9. The van der Waals surface area contributed by atoms with Crippen LogP contribution >= 0.6 is 0 Å². The molecule has 2 rings (SSSR count). The van der Waals surface area contributed by atoms with Gasteiger partial charge in [0, 0.05) is 11.8 Å². The van der Waals surface area contributed by atoms with Gasteiger partial charge in [0.25, 0.3) is 5.91 Å². The normalized spacial score (nSPS) is 23.1. The maximum atomic E-state index is 13.0. The Labute approximate surface area is 111 Å². The first-order valence-electron chi connectivity index (χ1n) is 6.63. The predicted molar refractivity (Wildman–Crippen MR) is 68.9 cm³/mol. The summed E-state index contributed by atoms with van der Waals surface area (Å²) < 4.78 is 25.8. The number of halogens is 2. The van der Waals surface area contributed by atoms with Crippen molar-refractivity contribution in [3.63, 3.8) is 0 Å². The predicted octanol–water partition coefficient (Wildman–Crippen LogP) is 1.22. The van der Waals surface area contributed by atoms with E-state index in [-0.39, 0.29) is 5.91 Å². The van der Waals surface area contributed by atoms with E-state index >= 15 is 0 Å². The Bertz CT molecular complexity index is 457. The molecule has 0 aliphatic carbocycles. The molecular formula is C14H19F2N2O+. The van der Waals surface area contributed by atoms with Gasteiger partial charge >= 0.3 is 0 Å². The minimum atomic E-state index is -0.947. The Morgan fingerprint density at radius 2 is 2.00 bits per heavy atom. The minimum Gasteiger partial charge on any atom is -0.327 e. The van der Waals surface area contributed by atoms with Gasteiger partial charge in [-0.15, -0.1) is 0 Å². The molecule has 1 heterocycles. The van der Waals surface area contributed by atoms with Crippen molar-refractivity contribution >= 4 is 11.6 Å². The van der Waals surface area contributed by atoms with E-state index < -0.39 is 11.6 Å². The van der Waals surface area contributed by atoms with Crippen LogP contribution in [-0.4, -0.2) is 25.5 Å². The number of quaternary nitrogens is 1. The molecule has 1 aliphatic heterocycles. The van der Waals surface area contributed by atoms with Crippen molar-refractivity contribution in [3.8, 4) is 0 Å². The van der Waals surface area contributed by atoms with E-state index in [0.717, 1.165) is 44.0 Å².